The number of carbonyl (C=O) groups is 2. The number of halogens is 1. The fourth-order valence-electron chi connectivity index (χ4n) is 2.38. The lowest BCUT2D eigenvalue weighted by Gasteiger charge is -2.21. The number of nitrogens with zero attached hydrogens (tertiary/aromatic N) is 1. The molecule has 1 N–H and O–H groups in total. The van der Waals surface area contributed by atoms with Gasteiger partial charge in [-0.3, -0.25) is 9.69 Å². The summed E-state index contributed by atoms with van der Waals surface area (Å²) >= 11 is 3.13. The third-order valence-corrected chi connectivity index (χ3v) is 3.69. The molecule has 0 saturated carbocycles. The Morgan fingerprint density at radius 2 is 2.00 bits per heavy atom. The fourth-order valence-corrected chi connectivity index (χ4v) is 2.69. The first kappa shape index (κ1) is 12.9. The van der Waals surface area contributed by atoms with E-state index in [2.05, 4.69) is 15.9 Å². The highest BCUT2D eigenvalue weighted by Gasteiger charge is 2.39. The first-order valence-corrected chi connectivity index (χ1v) is 6.77. The summed E-state index contributed by atoms with van der Waals surface area (Å²) < 4.78 is 5.66. The number of para-hydroxylation sites is 1. The van der Waals surface area contributed by atoms with Gasteiger partial charge in [0.1, 0.15) is 6.04 Å². The van der Waals surface area contributed by atoms with Gasteiger partial charge < -0.3 is 9.52 Å². The lowest BCUT2D eigenvalue weighted by atomic mass is 10.1. The van der Waals surface area contributed by atoms with Crippen LogP contribution >= 0.6 is 15.9 Å². The van der Waals surface area contributed by atoms with Crippen LogP contribution in [-0.4, -0.2) is 23.0 Å². The van der Waals surface area contributed by atoms with E-state index in [1.165, 1.54) is 11.0 Å². The summed E-state index contributed by atoms with van der Waals surface area (Å²) in [6, 6.07) is 9.40. The van der Waals surface area contributed by atoms with Gasteiger partial charge in [-0.25, -0.2) is 4.79 Å². The average Bonchev–Trinajstić information content (AvgIpc) is 3.01. The van der Waals surface area contributed by atoms with Gasteiger partial charge in [-0.1, -0.05) is 18.2 Å². The van der Waals surface area contributed by atoms with Gasteiger partial charge in [0.2, 0.25) is 0 Å². The summed E-state index contributed by atoms with van der Waals surface area (Å²) in [4.78, 5) is 25.2. The van der Waals surface area contributed by atoms with Crippen molar-refractivity contribution in [1.82, 2.24) is 0 Å². The maximum atomic E-state index is 12.5. The third-order valence-electron chi connectivity index (χ3n) is 3.26. The van der Waals surface area contributed by atoms with Crippen LogP contribution in [0.2, 0.25) is 0 Å². The zero-order chi connectivity index (χ0) is 14.3. The highest BCUT2D eigenvalue weighted by molar-refractivity contribution is 9.10. The van der Waals surface area contributed by atoms with Crippen LogP contribution in [-0.2, 0) is 11.2 Å². The summed E-state index contributed by atoms with van der Waals surface area (Å²) in [5.41, 5.74) is 1.47. The number of carboxylic acids is 1. The molecule has 1 aliphatic rings. The predicted molar refractivity (Wildman–Crippen MR) is 74.8 cm³/mol. The molecule has 5 nitrogen and oxygen atoms in total. The smallest absolute Gasteiger partial charge is 0.327 e. The molecule has 1 atom stereocenters. The summed E-state index contributed by atoms with van der Waals surface area (Å²) in [6.45, 7) is 0. The lowest BCUT2D eigenvalue weighted by Crippen LogP contribution is -2.42. The quantitative estimate of drug-likeness (QED) is 0.915. The first-order valence-electron chi connectivity index (χ1n) is 5.97. The largest absolute Gasteiger partial charge is 0.480 e. The number of carbonyl (C=O) groups excluding carboxylic acids is 1. The molecule has 6 heteroatoms. The number of furan rings is 1. The molecule has 1 aromatic heterocycles. The Balaban J connectivity index is 2.04. The van der Waals surface area contributed by atoms with E-state index in [-0.39, 0.29) is 5.76 Å². The van der Waals surface area contributed by atoms with Crippen molar-refractivity contribution in [3.63, 3.8) is 0 Å². The Bertz CT molecular complexity index is 694. The Kier molecular flexibility index (Phi) is 3.10. The lowest BCUT2D eigenvalue weighted by molar-refractivity contribution is -0.138. The first-order chi connectivity index (χ1) is 9.58. The summed E-state index contributed by atoms with van der Waals surface area (Å²) in [6.07, 6.45) is 0.305. The van der Waals surface area contributed by atoms with E-state index >= 15 is 0 Å². The number of hydrogen-bond donors (Lipinski definition) is 1. The molecule has 0 aliphatic carbocycles. The molecule has 0 unspecified atom stereocenters. The number of anilines is 1. The molecule has 2 heterocycles. The molecule has 0 fully saturated rings. The van der Waals surface area contributed by atoms with Crippen LogP contribution in [0.3, 0.4) is 0 Å². The van der Waals surface area contributed by atoms with Gasteiger partial charge in [-0.15, -0.1) is 0 Å². The number of amides is 1. The van der Waals surface area contributed by atoms with Gasteiger partial charge in [0, 0.05) is 12.1 Å². The molecule has 3 rings (SSSR count). The summed E-state index contributed by atoms with van der Waals surface area (Å²) in [5, 5.41) is 9.32. The van der Waals surface area contributed by atoms with Crippen LogP contribution in [0.15, 0.2) is 45.5 Å². The van der Waals surface area contributed by atoms with Crippen molar-refractivity contribution in [2.24, 2.45) is 0 Å². The molecule has 1 amide bonds. The minimum absolute atomic E-state index is 0.111. The molecule has 1 aliphatic heterocycles. The normalized spacial score (nSPS) is 17.1. The Labute approximate surface area is 122 Å². The maximum absolute atomic E-state index is 12.5. The fraction of sp³-hybridized carbons (Fsp3) is 0.143. The van der Waals surface area contributed by atoms with Crippen LogP contribution < -0.4 is 4.90 Å². The monoisotopic (exact) mass is 335 g/mol. The van der Waals surface area contributed by atoms with Gasteiger partial charge in [0.25, 0.3) is 5.91 Å². The van der Waals surface area contributed by atoms with Crippen LogP contribution in [0, 0.1) is 0 Å². The highest BCUT2D eigenvalue weighted by Crippen LogP contribution is 2.33. The van der Waals surface area contributed by atoms with E-state index in [9.17, 15) is 14.7 Å². The van der Waals surface area contributed by atoms with E-state index in [4.69, 9.17) is 4.42 Å². The van der Waals surface area contributed by atoms with E-state index < -0.39 is 17.9 Å². The van der Waals surface area contributed by atoms with Gasteiger partial charge >= 0.3 is 5.97 Å². The molecular formula is C14H10BrNO4. The zero-order valence-corrected chi connectivity index (χ0v) is 11.8. The molecule has 0 radical (unpaired) electrons. The SMILES string of the molecule is O=C(O)[C@@H]1Cc2ccccc2N1C(=O)c1ccc(Br)o1. The highest BCUT2D eigenvalue weighted by atomic mass is 79.9. The second kappa shape index (κ2) is 4.79. The standard InChI is InChI=1S/C14H10BrNO4/c15-12-6-5-11(20-12)13(17)16-9-4-2-1-3-8(9)7-10(16)14(18)19/h1-6,10H,7H2,(H,18,19)/t10-/m0/s1. The maximum Gasteiger partial charge on any atom is 0.327 e. The summed E-state index contributed by atoms with van der Waals surface area (Å²) in [5.74, 6) is -1.37. The third kappa shape index (κ3) is 2.02. The molecular weight excluding hydrogens is 326 g/mol. The minimum atomic E-state index is -1.03. The van der Waals surface area contributed by atoms with Gasteiger partial charge in [0.15, 0.2) is 10.4 Å². The van der Waals surface area contributed by atoms with Crippen LogP contribution in [0.5, 0.6) is 0 Å². The molecule has 102 valence electrons. The molecule has 1 aromatic carbocycles. The topological polar surface area (TPSA) is 70.8 Å². The van der Waals surface area contributed by atoms with Gasteiger partial charge in [-0.2, -0.15) is 0 Å². The van der Waals surface area contributed by atoms with Gasteiger partial charge in [0.05, 0.1) is 0 Å². The minimum Gasteiger partial charge on any atom is -0.480 e. The van der Waals surface area contributed by atoms with E-state index in [0.29, 0.717) is 16.8 Å². The number of carboxylic acid groups (broad SMARTS) is 1. The second-order valence-corrected chi connectivity index (χ2v) is 5.25. The van der Waals surface area contributed by atoms with Crippen molar-refractivity contribution in [2.45, 2.75) is 12.5 Å². The number of rotatable bonds is 2. The Morgan fingerprint density at radius 1 is 1.25 bits per heavy atom. The van der Waals surface area contributed by atoms with E-state index in [0.717, 1.165) is 5.56 Å². The van der Waals surface area contributed by atoms with E-state index in [1.807, 2.05) is 12.1 Å². The Hall–Kier alpha value is -2.08. The van der Waals surface area contributed by atoms with Crippen molar-refractivity contribution in [3.05, 3.63) is 52.4 Å². The van der Waals surface area contributed by atoms with Crippen LogP contribution in [0.4, 0.5) is 5.69 Å². The molecule has 0 saturated heterocycles. The average molecular weight is 336 g/mol. The number of hydrogen-bond acceptors (Lipinski definition) is 3. The van der Waals surface area contributed by atoms with Crippen molar-refractivity contribution in [1.29, 1.82) is 0 Å². The Morgan fingerprint density at radius 3 is 2.65 bits per heavy atom. The number of benzene rings is 1. The summed E-state index contributed by atoms with van der Waals surface area (Å²) in [7, 11) is 0. The van der Waals surface area contributed by atoms with E-state index in [1.54, 1.807) is 18.2 Å². The van der Waals surface area contributed by atoms with Crippen LogP contribution in [0.1, 0.15) is 16.1 Å². The van der Waals surface area contributed by atoms with Gasteiger partial charge in [-0.05, 0) is 39.7 Å². The molecule has 2 aromatic rings. The van der Waals surface area contributed by atoms with Crippen molar-refractivity contribution >= 4 is 33.5 Å². The number of fused-ring (bicyclic) bond motifs is 1. The molecule has 0 bridgehead atoms. The van der Waals surface area contributed by atoms with Crippen molar-refractivity contribution in [3.8, 4) is 0 Å². The second-order valence-electron chi connectivity index (χ2n) is 4.47. The van der Waals surface area contributed by atoms with Crippen molar-refractivity contribution in [2.75, 3.05) is 4.90 Å². The molecule has 20 heavy (non-hydrogen) atoms. The van der Waals surface area contributed by atoms with Crippen molar-refractivity contribution < 1.29 is 19.1 Å². The molecule has 0 spiro atoms. The number of aliphatic carboxylic acids is 1. The van der Waals surface area contributed by atoms with Crippen LogP contribution in [0.25, 0.3) is 0 Å². The predicted octanol–water partition coefficient (Wildman–Crippen LogP) is 2.70. The zero-order valence-electron chi connectivity index (χ0n) is 10.2.